The number of benzene rings is 2. The third-order valence-corrected chi connectivity index (χ3v) is 10.7. The summed E-state index contributed by atoms with van der Waals surface area (Å²) in [4.78, 5) is 24.9. The van der Waals surface area contributed by atoms with Gasteiger partial charge in [0.2, 0.25) is 11.8 Å². The molecular formula is C38H39Cl2F2N5O4. The molecule has 7 rings (SSSR count). The number of carbonyl (C=O) groups excluding carboxylic acids is 1. The molecule has 9 nitrogen and oxygen atoms in total. The number of aromatic nitrogens is 2. The summed E-state index contributed by atoms with van der Waals surface area (Å²) in [6.07, 6.45) is 3.55. The largest absolute Gasteiger partial charge is 0.481 e. The molecule has 3 aliphatic rings. The van der Waals surface area contributed by atoms with Crippen molar-refractivity contribution < 1.29 is 27.8 Å². The number of rotatable bonds is 11. The second kappa shape index (κ2) is 15.0. The standard InChI is InChI=1S/C38H39Cl2F2N5O4/c1-23(48)47-21-38(22-47)19-46(20-38)18-26-7-6-24(16-32(26)51-37(41)42)35-34(40)29(10-13-43-35)28-4-3-5-30(33(28)39)31-9-8-25(36(45-31)49-2)17-44-27-11-14-50-15-12-27/h3-10,13,16,27,37,44H,11-12,14-15,17-22H2,1-2H3. The summed E-state index contributed by atoms with van der Waals surface area (Å²) in [5.74, 6) is 0.655. The van der Waals surface area contributed by atoms with E-state index in [1.807, 2.05) is 41.3 Å². The van der Waals surface area contributed by atoms with Crippen LogP contribution in [0, 0.1) is 5.41 Å². The number of ether oxygens (including phenoxy) is 3. The van der Waals surface area contributed by atoms with E-state index in [1.165, 1.54) is 0 Å². The minimum Gasteiger partial charge on any atom is -0.481 e. The summed E-state index contributed by atoms with van der Waals surface area (Å²) < 4.78 is 43.3. The van der Waals surface area contributed by atoms with Crippen molar-refractivity contribution in [1.29, 1.82) is 0 Å². The third-order valence-electron chi connectivity index (χ3n) is 9.96. The first-order chi connectivity index (χ1) is 24.6. The Kier molecular flexibility index (Phi) is 10.5. The van der Waals surface area contributed by atoms with Crippen molar-refractivity contribution >= 4 is 29.1 Å². The maximum absolute atomic E-state index is 13.6. The Hall–Kier alpha value is -3.87. The van der Waals surface area contributed by atoms with Gasteiger partial charge in [0.15, 0.2) is 0 Å². The molecule has 1 N–H and O–H groups in total. The first-order valence-electron chi connectivity index (χ1n) is 17.0. The van der Waals surface area contributed by atoms with Gasteiger partial charge in [-0.2, -0.15) is 8.78 Å². The quantitative estimate of drug-likeness (QED) is 0.171. The lowest BCUT2D eigenvalue weighted by Gasteiger charge is -2.60. The fraction of sp³-hybridized carbons (Fsp3) is 0.395. The average molecular weight is 739 g/mol. The minimum absolute atomic E-state index is 0.0668. The molecular weight excluding hydrogens is 699 g/mol. The smallest absolute Gasteiger partial charge is 0.387 e. The van der Waals surface area contributed by atoms with E-state index in [4.69, 9.17) is 42.4 Å². The van der Waals surface area contributed by atoms with Gasteiger partial charge < -0.3 is 24.4 Å². The molecule has 5 heterocycles. The maximum atomic E-state index is 13.6. The third kappa shape index (κ3) is 7.54. The zero-order valence-corrected chi connectivity index (χ0v) is 29.9. The molecule has 2 aromatic heterocycles. The number of likely N-dealkylation sites (tertiary alicyclic amines) is 2. The molecule has 13 heteroatoms. The number of nitrogens with one attached hydrogen (secondary N) is 1. The Bertz CT molecular complexity index is 1910. The fourth-order valence-corrected chi connectivity index (χ4v) is 8.00. The first kappa shape index (κ1) is 35.5. The highest BCUT2D eigenvalue weighted by Gasteiger charge is 2.52. The Morgan fingerprint density at radius 2 is 1.73 bits per heavy atom. The number of carbonyl (C=O) groups is 1. The van der Waals surface area contributed by atoms with Gasteiger partial charge in [-0.15, -0.1) is 0 Å². The monoisotopic (exact) mass is 737 g/mol. The number of pyridine rings is 2. The summed E-state index contributed by atoms with van der Waals surface area (Å²) in [6.45, 7) is 4.21. The number of halogens is 4. The van der Waals surface area contributed by atoms with Crippen LogP contribution in [0.1, 0.15) is 30.9 Å². The molecule has 1 amide bonds. The van der Waals surface area contributed by atoms with Crippen LogP contribution in [-0.2, 0) is 22.6 Å². The average Bonchev–Trinajstić information content (AvgIpc) is 3.09. The van der Waals surface area contributed by atoms with Gasteiger partial charge in [-0.3, -0.25) is 14.7 Å². The van der Waals surface area contributed by atoms with Crippen LogP contribution in [0.15, 0.2) is 60.8 Å². The molecule has 268 valence electrons. The number of alkyl halides is 2. The molecule has 1 spiro atoms. The van der Waals surface area contributed by atoms with Gasteiger partial charge in [0, 0.05) is 110 Å². The summed E-state index contributed by atoms with van der Waals surface area (Å²) in [5, 5.41) is 4.34. The van der Waals surface area contributed by atoms with E-state index in [0.717, 1.165) is 57.8 Å². The molecule has 2 aromatic carbocycles. The van der Waals surface area contributed by atoms with Crippen molar-refractivity contribution in [3.63, 3.8) is 0 Å². The van der Waals surface area contributed by atoms with E-state index in [9.17, 15) is 13.6 Å². The lowest BCUT2D eigenvalue weighted by Crippen LogP contribution is -2.72. The van der Waals surface area contributed by atoms with E-state index in [1.54, 1.807) is 38.4 Å². The predicted molar refractivity (Wildman–Crippen MR) is 192 cm³/mol. The predicted octanol–water partition coefficient (Wildman–Crippen LogP) is 7.33. The van der Waals surface area contributed by atoms with E-state index in [0.29, 0.717) is 74.3 Å². The van der Waals surface area contributed by atoms with Gasteiger partial charge >= 0.3 is 6.61 Å². The van der Waals surface area contributed by atoms with E-state index in [2.05, 4.69) is 15.2 Å². The van der Waals surface area contributed by atoms with Crippen LogP contribution in [0.25, 0.3) is 33.6 Å². The van der Waals surface area contributed by atoms with Crippen molar-refractivity contribution in [2.24, 2.45) is 5.41 Å². The van der Waals surface area contributed by atoms with E-state index < -0.39 is 6.61 Å². The van der Waals surface area contributed by atoms with E-state index >= 15 is 0 Å². The van der Waals surface area contributed by atoms with Crippen LogP contribution in [0.3, 0.4) is 0 Å². The topological polar surface area (TPSA) is 89.1 Å². The Balaban J connectivity index is 1.12. The second-order valence-electron chi connectivity index (χ2n) is 13.5. The number of nitrogens with zero attached hydrogens (tertiary/aromatic N) is 4. The van der Waals surface area contributed by atoms with Crippen LogP contribution in [0.4, 0.5) is 8.78 Å². The zero-order valence-electron chi connectivity index (χ0n) is 28.4. The minimum atomic E-state index is -3.00. The molecule has 3 fully saturated rings. The lowest BCUT2D eigenvalue weighted by atomic mass is 9.72. The lowest BCUT2D eigenvalue weighted by molar-refractivity contribution is -0.157. The van der Waals surface area contributed by atoms with Crippen molar-refractivity contribution in [2.75, 3.05) is 46.5 Å². The summed E-state index contributed by atoms with van der Waals surface area (Å²) >= 11 is 14.1. The number of hydrogen-bond donors (Lipinski definition) is 1. The van der Waals surface area contributed by atoms with Gasteiger partial charge in [-0.1, -0.05) is 59.6 Å². The van der Waals surface area contributed by atoms with Crippen molar-refractivity contribution in [1.82, 2.24) is 25.1 Å². The highest BCUT2D eigenvalue weighted by molar-refractivity contribution is 6.39. The van der Waals surface area contributed by atoms with Gasteiger partial charge in [0.05, 0.1) is 28.5 Å². The Morgan fingerprint density at radius 3 is 2.45 bits per heavy atom. The summed E-state index contributed by atoms with van der Waals surface area (Å²) in [5.41, 5.74) is 5.25. The highest BCUT2D eigenvalue weighted by atomic mass is 35.5. The first-order valence-corrected chi connectivity index (χ1v) is 17.7. The van der Waals surface area contributed by atoms with Crippen LogP contribution in [0.5, 0.6) is 11.6 Å². The normalized spacial score (nSPS) is 17.4. The molecule has 0 radical (unpaired) electrons. The van der Waals surface area contributed by atoms with Crippen molar-refractivity contribution in [3.8, 4) is 45.3 Å². The van der Waals surface area contributed by atoms with Gasteiger partial charge in [-0.25, -0.2) is 4.98 Å². The Labute approximate surface area is 305 Å². The molecule has 51 heavy (non-hydrogen) atoms. The summed E-state index contributed by atoms with van der Waals surface area (Å²) in [6, 6.07) is 16.9. The van der Waals surface area contributed by atoms with Crippen LogP contribution >= 0.6 is 23.2 Å². The molecule has 0 atom stereocenters. The van der Waals surface area contributed by atoms with Crippen LogP contribution in [-0.4, -0.2) is 84.8 Å². The van der Waals surface area contributed by atoms with Crippen LogP contribution in [0.2, 0.25) is 10.0 Å². The number of hydrogen-bond acceptors (Lipinski definition) is 8. The molecule has 3 saturated heterocycles. The second-order valence-corrected chi connectivity index (χ2v) is 14.3. The molecule has 0 saturated carbocycles. The maximum Gasteiger partial charge on any atom is 0.387 e. The molecule has 0 aliphatic carbocycles. The molecule has 4 aromatic rings. The van der Waals surface area contributed by atoms with Crippen LogP contribution < -0.4 is 14.8 Å². The van der Waals surface area contributed by atoms with E-state index in [-0.39, 0.29) is 17.1 Å². The number of methoxy groups -OCH3 is 1. The van der Waals surface area contributed by atoms with Gasteiger partial charge in [-0.05, 0) is 31.0 Å². The highest BCUT2D eigenvalue weighted by Crippen LogP contribution is 2.44. The SMILES string of the molecule is COc1nc(-c2cccc(-c3ccnc(-c4ccc(CN5CC6(C5)CN(C(C)=O)C6)c(OC(F)F)c4)c3Cl)c2Cl)ccc1CNC1CCOCC1. The summed E-state index contributed by atoms with van der Waals surface area (Å²) in [7, 11) is 1.60. The molecule has 0 unspecified atom stereocenters. The molecule has 0 bridgehead atoms. The number of amides is 1. The zero-order chi connectivity index (χ0) is 35.7. The van der Waals surface area contributed by atoms with Gasteiger partial charge in [0.1, 0.15) is 5.75 Å². The Morgan fingerprint density at radius 1 is 1.00 bits per heavy atom. The molecule has 3 aliphatic heterocycles. The van der Waals surface area contributed by atoms with Gasteiger partial charge in [0.25, 0.3) is 0 Å². The fourth-order valence-electron chi connectivity index (χ4n) is 7.36. The van der Waals surface area contributed by atoms with Crippen molar-refractivity contribution in [3.05, 3.63) is 82.0 Å². The van der Waals surface area contributed by atoms with Crippen molar-refractivity contribution in [2.45, 2.75) is 45.5 Å².